The molecule has 2 atom stereocenters. The van der Waals surface area contributed by atoms with Crippen LogP contribution in [0.1, 0.15) is 36.0 Å². The van der Waals surface area contributed by atoms with Crippen LogP contribution in [0.5, 0.6) is 0 Å². The highest BCUT2D eigenvalue weighted by molar-refractivity contribution is 5.98. The smallest absolute Gasteiger partial charge is 0.260 e. The number of hydrazine groups is 1. The van der Waals surface area contributed by atoms with E-state index in [1.807, 2.05) is 6.07 Å². The van der Waals surface area contributed by atoms with Gasteiger partial charge in [-0.05, 0) is 37.8 Å². The van der Waals surface area contributed by atoms with Gasteiger partial charge in [0, 0.05) is 18.7 Å². The lowest BCUT2D eigenvalue weighted by molar-refractivity contribution is -0.316. The van der Waals surface area contributed by atoms with Crippen LogP contribution in [0, 0.1) is 0 Å². The van der Waals surface area contributed by atoms with Crippen LogP contribution < -0.4 is 10.4 Å². The Balaban J connectivity index is 1.78. The molecule has 2 aliphatic heterocycles. The SMILES string of the molecule is O=C(NC1CCCN2CCCC(C(=O)[O-])N2C1=O)c1ccccc1. The third-order valence-corrected chi connectivity index (χ3v) is 4.54. The van der Waals surface area contributed by atoms with E-state index in [1.54, 1.807) is 29.3 Å². The molecule has 0 bridgehead atoms. The number of carboxylic acid groups (broad SMARTS) is 1. The first kappa shape index (κ1) is 16.4. The molecule has 1 N–H and O–H groups in total. The van der Waals surface area contributed by atoms with E-state index in [4.69, 9.17) is 0 Å². The molecule has 0 saturated carbocycles. The number of nitrogens with one attached hydrogen (secondary N) is 1. The summed E-state index contributed by atoms with van der Waals surface area (Å²) in [5, 5.41) is 17.2. The highest BCUT2D eigenvalue weighted by Crippen LogP contribution is 2.23. The van der Waals surface area contributed by atoms with E-state index in [2.05, 4.69) is 5.32 Å². The molecule has 7 nitrogen and oxygen atoms in total. The zero-order valence-electron chi connectivity index (χ0n) is 13.3. The van der Waals surface area contributed by atoms with Gasteiger partial charge < -0.3 is 15.2 Å². The number of carbonyl (C=O) groups excluding carboxylic acids is 3. The van der Waals surface area contributed by atoms with Crippen molar-refractivity contribution in [2.24, 2.45) is 0 Å². The van der Waals surface area contributed by atoms with Crippen LogP contribution in [0.25, 0.3) is 0 Å². The lowest BCUT2D eigenvalue weighted by Gasteiger charge is -2.44. The molecule has 128 valence electrons. The number of amides is 2. The Morgan fingerprint density at radius 1 is 1.08 bits per heavy atom. The summed E-state index contributed by atoms with van der Waals surface area (Å²) >= 11 is 0. The quantitative estimate of drug-likeness (QED) is 0.809. The average molecular weight is 330 g/mol. The molecule has 1 aromatic carbocycles. The molecule has 2 aliphatic rings. The van der Waals surface area contributed by atoms with Crippen LogP contribution in [-0.2, 0) is 9.59 Å². The van der Waals surface area contributed by atoms with E-state index in [9.17, 15) is 19.5 Å². The number of nitrogens with zero attached hydrogens (tertiary/aromatic N) is 2. The zero-order chi connectivity index (χ0) is 17.1. The van der Waals surface area contributed by atoms with E-state index in [0.717, 1.165) is 0 Å². The van der Waals surface area contributed by atoms with Gasteiger partial charge in [0.15, 0.2) is 0 Å². The molecule has 0 spiro atoms. The number of benzene rings is 1. The van der Waals surface area contributed by atoms with Crippen molar-refractivity contribution in [3.05, 3.63) is 35.9 Å². The summed E-state index contributed by atoms with van der Waals surface area (Å²) in [4.78, 5) is 36.6. The average Bonchev–Trinajstić information content (AvgIpc) is 2.75. The Kier molecular flexibility index (Phi) is 4.80. The third-order valence-electron chi connectivity index (χ3n) is 4.54. The molecule has 0 aliphatic carbocycles. The number of carboxylic acids is 1. The minimum Gasteiger partial charge on any atom is -0.548 e. The van der Waals surface area contributed by atoms with Gasteiger partial charge in [0.2, 0.25) is 0 Å². The first-order valence-corrected chi connectivity index (χ1v) is 8.22. The van der Waals surface area contributed by atoms with Gasteiger partial charge in [0.05, 0.1) is 12.0 Å². The molecular formula is C17H20N3O4-. The van der Waals surface area contributed by atoms with Crippen molar-refractivity contribution in [2.75, 3.05) is 13.1 Å². The molecule has 2 saturated heterocycles. The van der Waals surface area contributed by atoms with E-state index in [0.29, 0.717) is 44.3 Å². The van der Waals surface area contributed by atoms with Crippen LogP contribution in [0.4, 0.5) is 0 Å². The van der Waals surface area contributed by atoms with Crippen molar-refractivity contribution in [3.63, 3.8) is 0 Å². The molecule has 7 heteroatoms. The minimum atomic E-state index is -1.25. The Labute approximate surface area is 140 Å². The van der Waals surface area contributed by atoms with Crippen LogP contribution >= 0.6 is 0 Å². The topological polar surface area (TPSA) is 92.8 Å². The normalized spacial score (nSPS) is 24.8. The van der Waals surface area contributed by atoms with Crippen LogP contribution in [-0.4, -0.2) is 53.0 Å². The Bertz CT molecular complexity index is 634. The number of aliphatic carboxylic acids is 1. The van der Waals surface area contributed by atoms with Crippen molar-refractivity contribution in [2.45, 2.75) is 37.8 Å². The van der Waals surface area contributed by atoms with Gasteiger partial charge >= 0.3 is 0 Å². The summed E-state index contributed by atoms with van der Waals surface area (Å²) in [6.45, 7) is 1.25. The monoisotopic (exact) mass is 330 g/mol. The van der Waals surface area contributed by atoms with Gasteiger partial charge in [-0.25, -0.2) is 5.01 Å². The zero-order valence-corrected chi connectivity index (χ0v) is 13.3. The number of rotatable bonds is 3. The van der Waals surface area contributed by atoms with Gasteiger partial charge in [-0.1, -0.05) is 18.2 Å². The maximum Gasteiger partial charge on any atom is 0.260 e. The number of carbonyl (C=O) groups is 3. The highest BCUT2D eigenvalue weighted by atomic mass is 16.4. The highest BCUT2D eigenvalue weighted by Gasteiger charge is 2.39. The van der Waals surface area contributed by atoms with Crippen molar-refractivity contribution in [1.29, 1.82) is 0 Å². The number of fused-ring (bicyclic) bond motifs is 1. The fourth-order valence-electron chi connectivity index (χ4n) is 3.35. The standard InChI is InChI=1S/C17H21N3O4/c21-15(12-6-2-1-3-7-12)18-13-8-4-10-19-11-5-9-14(17(23)24)20(19)16(13)22/h1-3,6-7,13-14H,4-5,8-11H2,(H,18,21)(H,23,24)/p-1. The summed E-state index contributed by atoms with van der Waals surface area (Å²) in [7, 11) is 0. The van der Waals surface area contributed by atoms with Gasteiger partial charge in [0.1, 0.15) is 6.04 Å². The van der Waals surface area contributed by atoms with E-state index < -0.39 is 18.1 Å². The second-order valence-electron chi connectivity index (χ2n) is 6.15. The maximum absolute atomic E-state index is 12.8. The fraction of sp³-hybridized carbons (Fsp3) is 0.471. The molecule has 24 heavy (non-hydrogen) atoms. The molecule has 0 radical (unpaired) electrons. The molecule has 3 rings (SSSR count). The van der Waals surface area contributed by atoms with E-state index in [-0.39, 0.29) is 11.8 Å². The lowest BCUT2D eigenvalue weighted by Crippen LogP contribution is -2.63. The van der Waals surface area contributed by atoms with Crippen LogP contribution in [0.15, 0.2) is 30.3 Å². The molecule has 2 fully saturated rings. The van der Waals surface area contributed by atoms with Gasteiger partial charge in [-0.2, -0.15) is 0 Å². The van der Waals surface area contributed by atoms with Crippen LogP contribution in [0.3, 0.4) is 0 Å². The molecule has 2 heterocycles. The Morgan fingerprint density at radius 3 is 2.42 bits per heavy atom. The maximum atomic E-state index is 12.8. The van der Waals surface area contributed by atoms with Gasteiger partial charge in [-0.3, -0.25) is 14.6 Å². The van der Waals surface area contributed by atoms with E-state index >= 15 is 0 Å². The third kappa shape index (κ3) is 3.26. The largest absolute Gasteiger partial charge is 0.548 e. The van der Waals surface area contributed by atoms with Crippen molar-refractivity contribution in [1.82, 2.24) is 15.3 Å². The summed E-state index contributed by atoms with van der Waals surface area (Å²) in [6.07, 6.45) is 2.29. The first-order chi connectivity index (χ1) is 11.6. The minimum absolute atomic E-state index is 0.329. The van der Waals surface area contributed by atoms with Crippen LogP contribution in [0.2, 0.25) is 0 Å². The van der Waals surface area contributed by atoms with Crippen molar-refractivity contribution >= 4 is 17.8 Å². The van der Waals surface area contributed by atoms with Crippen molar-refractivity contribution in [3.8, 4) is 0 Å². The summed E-state index contributed by atoms with van der Waals surface area (Å²) < 4.78 is 0. The second-order valence-corrected chi connectivity index (χ2v) is 6.15. The molecule has 0 aromatic heterocycles. The molecule has 1 aromatic rings. The number of hydrogen-bond acceptors (Lipinski definition) is 5. The second kappa shape index (κ2) is 7.00. The molecule has 2 amide bonds. The number of hydrogen-bond donors (Lipinski definition) is 1. The van der Waals surface area contributed by atoms with Gasteiger partial charge in [-0.15, -0.1) is 0 Å². The fourth-order valence-corrected chi connectivity index (χ4v) is 3.35. The summed E-state index contributed by atoms with van der Waals surface area (Å²) in [6, 6.07) is 6.98. The first-order valence-electron chi connectivity index (χ1n) is 8.22. The van der Waals surface area contributed by atoms with Crippen molar-refractivity contribution < 1.29 is 19.5 Å². The lowest BCUT2D eigenvalue weighted by atomic mass is 10.1. The molecular weight excluding hydrogens is 310 g/mol. The Morgan fingerprint density at radius 2 is 1.75 bits per heavy atom. The predicted molar refractivity (Wildman–Crippen MR) is 83.4 cm³/mol. The summed E-state index contributed by atoms with van der Waals surface area (Å²) in [5.41, 5.74) is 0.474. The van der Waals surface area contributed by atoms with E-state index in [1.165, 1.54) is 5.01 Å². The van der Waals surface area contributed by atoms with Gasteiger partial charge in [0.25, 0.3) is 11.8 Å². The Hall–Kier alpha value is -2.41. The molecule has 2 unspecified atom stereocenters. The predicted octanol–water partition coefficient (Wildman–Crippen LogP) is -0.463. The summed E-state index contributed by atoms with van der Waals surface area (Å²) in [5.74, 6) is -1.95.